The molecule has 0 spiro atoms. The van der Waals surface area contributed by atoms with Gasteiger partial charge in [0.25, 0.3) is 10.0 Å². The van der Waals surface area contributed by atoms with Gasteiger partial charge in [-0.1, -0.05) is 11.6 Å². The number of rotatable bonds is 3. The Hall–Kier alpha value is -0.670. The van der Waals surface area contributed by atoms with Crippen molar-refractivity contribution < 1.29 is 18.3 Å². The van der Waals surface area contributed by atoms with Crippen LogP contribution in [0.25, 0.3) is 0 Å². The fourth-order valence-electron chi connectivity index (χ4n) is 2.11. The van der Waals surface area contributed by atoms with Crippen molar-refractivity contribution in [2.45, 2.75) is 24.2 Å². The molecule has 7 nitrogen and oxygen atoms in total. The van der Waals surface area contributed by atoms with Crippen LogP contribution in [0.2, 0.25) is 5.02 Å². The molecule has 1 aromatic rings. The molecule has 2 rings (SSSR count). The molecule has 108 valence electrons. The van der Waals surface area contributed by atoms with Crippen LogP contribution in [0.4, 0.5) is 0 Å². The van der Waals surface area contributed by atoms with Crippen LogP contribution >= 0.6 is 11.6 Å². The molecule has 2 atom stereocenters. The van der Waals surface area contributed by atoms with Gasteiger partial charge in [0, 0.05) is 20.1 Å². The third kappa shape index (κ3) is 2.77. The second-order valence-corrected chi connectivity index (χ2v) is 6.75. The molecule has 1 aromatic heterocycles. The first-order valence-electron chi connectivity index (χ1n) is 5.80. The van der Waals surface area contributed by atoms with E-state index < -0.39 is 16.1 Å². The van der Waals surface area contributed by atoms with Crippen molar-refractivity contribution >= 4 is 21.6 Å². The number of aryl methyl sites for hydroxylation is 1. The summed E-state index contributed by atoms with van der Waals surface area (Å²) in [6.45, 7) is 1.86. The number of aromatic nitrogens is 2. The number of hydrogen-bond donors (Lipinski definition) is 1. The molecule has 9 heteroatoms. The molecule has 0 saturated carbocycles. The topological polar surface area (TPSA) is 84.7 Å². The molecule has 1 saturated heterocycles. The van der Waals surface area contributed by atoms with Crippen LogP contribution in [0.1, 0.15) is 6.92 Å². The average molecular weight is 310 g/mol. The van der Waals surface area contributed by atoms with Gasteiger partial charge in [0.05, 0.1) is 30.0 Å². The molecule has 0 radical (unpaired) electrons. The maximum Gasteiger partial charge on any atom is 0.261 e. The van der Waals surface area contributed by atoms with Crippen LogP contribution in [0.5, 0.6) is 0 Å². The lowest BCUT2D eigenvalue weighted by Crippen LogP contribution is -2.50. The maximum absolute atomic E-state index is 12.5. The average Bonchev–Trinajstić information content (AvgIpc) is 2.68. The van der Waals surface area contributed by atoms with Gasteiger partial charge in [0.1, 0.15) is 0 Å². The van der Waals surface area contributed by atoms with Gasteiger partial charge < -0.3 is 9.84 Å². The summed E-state index contributed by atoms with van der Waals surface area (Å²) in [5.74, 6) is 0. The van der Waals surface area contributed by atoms with E-state index in [-0.39, 0.29) is 35.8 Å². The van der Waals surface area contributed by atoms with Gasteiger partial charge in [-0.3, -0.25) is 4.68 Å². The fraction of sp³-hybridized carbons (Fsp3) is 0.700. The first kappa shape index (κ1) is 14.7. The first-order valence-corrected chi connectivity index (χ1v) is 7.62. The highest BCUT2D eigenvalue weighted by Gasteiger charge is 2.36. The van der Waals surface area contributed by atoms with E-state index in [1.54, 1.807) is 6.92 Å². The summed E-state index contributed by atoms with van der Waals surface area (Å²) in [4.78, 5) is 0. The number of sulfonamides is 1. The normalized spacial score (nSPS) is 25.7. The first-order chi connectivity index (χ1) is 8.86. The Bertz CT molecular complexity index is 540. The number of morpholine rings is 1. The second kappa shape index (κ2) is 5.37. The van der Waals surface area contributed by atoms with E-state index in [4.69, 9.17) is 21.4 Å². The van der Waals surface area contributed by atoms with Crippen molar-refractivity contribution in [3.8, 4) is 0 Å². The molecule has 0 aliphatic carbocycles. The molecule has 19 heavy (non-hydrogen) atoms. The largest absolute Gasteiger partial charge is 0.394 e. The fourth-order valence-corrected chi connectivity index (χ4v) is 4.26. The molecule has 0 amide bonds. The maximum atomic E-state index is 12.5. The van der Waals surface area contributed by atoms with E-state index in [1.165, 1.54) is 22.2 Å². The highest BCUT2D eigenvalue weighted by molar-refractivity contribution is 7.89. The lowest BCUT2D eigenvalue weighted by Gasteiger charge is -2.35. The summed E-state index contributed by atoms with van der Waals surface area (Å²) in [7, 11) is -2.23. The van der Waals surface area contributed by atoms with Gasteiger partial charge in [-0.15, -0.1) is 0 Å². The minimum atomic E-state index is -3.75. The second-order valence-electron chi connectivity index (χ2n) is 4.49. The molecule has 1 N–H and O–H groups in total. The van der Waals surface area contributed by atoms with Crippen molar-refractivity contribution in [2.24, 2.45) is 7.05 Å². The van der Waals surface area contributed by atoms with E-state index >= 15 is 0 Å². The number of halogens is 1. The van der Waals surface area contributed by atoms with Gasteiger partial charge in [-0.05, 0) is 6.92 Å². The molecule has 1 aliphatic heterocycles. The molecule has 1 fully saturated rings. The Morgan fingerprint density at radius 3 is 2.79 bits per heavy atom. The van der Waals surface area contributed by atoms with E-state index in [2.05, 4.69) is 5.10 Å². The molecule has 2 unspecified atom stereocenters. The van der Waals surface area contributed by atoms with Crippen molar-refractivity contribution in [3.05, 3.63) is 11.2 Å². The predicted octanol–water partition coefficient (Wildman–Crippen LogP) is -0.156. The van der Waals surface area contributed by atoms with Crippen LogP contribution < -0.4 is 0 Å². The number of hydrogen-bond acceptors (Lipinski definition) is 5. The van der Waals surface area contributed by atoms with Gasteiger partial charge >= 0.3 is 0 Å². The van der Waals surface area contributed by atoms with Gasteiger partial charge in [-0.2, -0.15) is 9.40 Å². The van der Waals surface area contributed by atoms with Crippen LogP contribution in [0, 0.1) is 0 Å². The van der Waals surface area contributed by atoms with E-state index in [1.807, 2.05) is 0 Å². The Morgan fingerprint density at radius 1 is 1.58 bits per heavy atom. The summed E-state index contributed by atoms with van der Waals surface area (Å²) in [5.41, 5.74) is 0. The van der Waals surface area contributed by atoms with Crippen LogP contribution in [-0.4, -0.2) is 59.5 Å². The van der Waals surface area contributed by atoms with Crippen LogP contribution in [-0.2, 0) is 21.8 Å². The zero-order chi connectivity index (χ0) is 14.2. The summed E-state index contributed by atoms with van der Waals surface area (Å²) >= 11 is 5.89. The van der Waals surface area contributed by atoms with Crippen LogP contribution in [0.3, 0.4) is 0 Å². The molecular weight excluding hydrogens is 294 g/mol. The minimum Gasteiger partial charge on any atom is -0.394 e. The lowest BCUT2D eigenvalue weighted by atomic mass is 10.2. The van der Waals surface area contributed by atoms with E-state index in [0.29, 0.717) is 0 Å². The van der Waals surface area contributed by atoms with Crippen LogP contribution in [0.15, 0.2) is 11.2 Å². The summed E-state index contributed by atoms with van der Waals surface area (Å²) < 4.78 is 33.0. The standard InChI is InChI=1S/C10H16ClN3O4S/c1-7-4-14(5-8(6-15)18-7)19(16,17)10-9(11)3-12-13(10)2/h3,7-8,15H,4-6H2,1-2H3. The highest BCUT2D eigenvalue weighted by atomic mass is 35.5. The Labute approximate surface area is 116 Å². The lowest BCUT2D eigenvalue weighted by molar-refractivity contribution is -0.0751. The van der Waals surface area contributed by atoms with Gasteiger partial charge in [-0.25, -0.2) is 8.42 Å². The Morgan fingerprint density at radius 2 is 2.26 bits per heavy atom. The van der Waals surface area contributed by atoms with Crippen molar-refractivity contribution in [1.82, 2.24) is 14.1 Å². The molecular formula is C10H16ClN3O4S. The van der Waals surface area contributed by atoms with Crippen molar-refractivity contribution in [1.29, 1.82) is 0 Å². The van der Waals surface area contributed by atoms with Gasteiger partial charge in [0.15, 0.2) is 5.03 Å². The molecule has 1 aliphatic rings. The quantitative estimate of drug-likeness (QED) is 0.839. The zero-order valence-electron chi connectivity index (χ0n) is 10.7. The zero-order valence-corrected chi connectivity index (χ0v) is 12.2. The van der Waals surface area contributed by atoms with Crippen molar-refractivity contribution in [3.63, 3.8) is 0 Å². The predicted molar refractivity (Wildman–Crippen MR) is 68.4 cm³/mol. The summed E-state index contributed by atoms with van der Waals surface area (Å²) in [6, 6.07) is 0. The van der Waals surface area contributed by atoms with Gasteiger partial charge in [0.2, 0.25) is 0 Å². The monoisotopic (exact) mass is 309 g/mol. The molecule has 0 bridgehead atoms. The minimum absolute atomic E-state index is 0.0417. The number of nitrogens with zero attached hydrogens (tertiary/aromatic N) is 3. The number of aliphatic hydroxyl groups is 1. The third-order valence-electron chi connectivity index (χ3n) is 2.92. The third-order valence-corrected chi connectivity index (χ3v) is 5.26. The number of aliphatic hydroxyl groups excluding tert-OH is 1. The number of ether oxygens (including phenoxy) is 1. The Balaban J connectivity index is 2.34. The Kier molecular flexibility index (Phi) is 4.17. The van der Waals surface area contributed by atoms with E-state index in [0.717, 1.165) is 0 Å². The molecule has 0 aromatic carbocycles. The SMILES string of the molecule is CC1CN(S(=O)(=O)c2c(Cl)cnn2C)CC(CO)O1. The summed E-state index contributed by atoms with van der Waals surface area (Å²) in [6.07, 6.45) is 0.486. The molecule has 2 heterocycles. The van der Waals surface area contributed by atoms with Crippen molar-refractivity contribution in [2.75, 3.05) is 19.7 Å². The smallest absolute Gasteiger partial charge is 0.261 e. The summed E-state index contributed by atoms with van der Waals surface area (Å²) in [5, 5.41) is 13.0. The highest BCUT2D eigenvalue weighted by Crippen LogP contribution is 2.26. The van der Waals surface area contributed by atoms with E-state index in [9.17, 15) is 8.42 Å².